The van der Waals surface area contributed by atoms with Crippen molar-refractivity contribution in [2.24, 2.45) is 0 Å². The van der Waals surface area contributed by atoms with Gasteiger partial charge in [-0.2, -0.15) is 0 Å². The van der Waals surface area contributed by atoms with Crippen LogP contribution in [0.3, 0.4) is 0 Å². The third kappa shape index (κ3) is 1.85. The fraction of sp³-hybridized carbons (Fsp3) is 0.0435. The van der Waals surface area contributed by atoms with Crippen LogP contribution in [-0.4, -0.2) is 4.98 Å². The van der Waals surface area contributed by atoms with Crippen LogP contribution in [0.5, 0.6) is 0 Å². The molecule has 1 aliphatic heterocycles. The zero-order chi connectivity index (χ0) is 17.0. The predicted octanol–water partition coefficient (Wildman–Crippen LogP) is 6.72. The molecule has 3 aromatic carbocycles. The highest BCUT2D eigenvalue weighted by molar-refractivity contribution is 6.17. The Kier molecular flexibility index (Phi) is 2.89. The van der Waals surface area contributed by atoms with E-state index < -0.39 is 0 Å². The van der Waals surface area contributed by atoms with E-state index in [0.717, 1.165) is 11.2 Å². The van der Waals surface area contributed by atoms with Gasteiger partial charge < -0.3 is 10.3 Å². The van der Waals surface area contributed by atoms with Crippen molar-refractivity contribution in [2.45, 2.75) is 6.92 Å². The van der Waals surface area contributed by atoms with Crippen molar-refractivity contribution in [2.75, 3.05) is 5.32 Å². The first-order valence-corrected chi connectivity index (χ1v) is 8.54. The second-order valence-electron chi connectivity index (χ2n) is 6.40. The lowest BCUT2D eigenvalue weighted by Gasteiger charge is -2.23. The number of aromatic nitrogens is 1. The Bertz CT molecular complexity index is 1190. The highest BCUT2D eigenvalue weighted by atomic mass is 14.9. The van der Waals surface area contributed by atoms with Crippen molar-refractivity contribution in [3.8, 4) is 11.1 Å². The van der Waals surface area contributed by atoms with Gasteiger partial charge in [0.2, 0.25) is 0 Å². The van der Waals surface area contributed by atoms with Gasteiger partial charge in [0, 0.05) is 38.8 Å². The van der Waals surface area contributed by atoms with Crippen LogP contribution in [0.4, 0.5) is 11.4 Å². The minimum Gasteiger partial charge on any atom is -0.354 e. The minimum absolute atomic E-state index is 1.06. The number of fused-ring (bicyclic) bond motifs is 4. The molecule has 1 aromatic heterocycles. The molecule has 0 spiro atoms. The maximum Gasteiger partial charge on any atom is 0.0565 e. The summed E-state index contributed by atoms with van der Waals surface area (Å²) in [5, 5.41) is 7.48. The number of hydrogen-bond acceptors (Lipinski definition) is 1. The highest BCUT2D eigenvalue weighted by Crippen LogP contribution is 2.47. The Labute approximate surface area is 146 Å². The van der Waals surface area contributed by atoms with Crippen LogP contribution in [-0.2, 0) is 0 Å². The topological polar surface area (TPSA) is 27.8 Å². The molecule has 0 radical (unpaired) electrons. The van der Waals surface area contributed by atoms with E-state index >= 15 is 0 Å². The number of nitrogens with one attached hydrogen (secondary N) is 2. The summed E-state index contributed by atoms with van der Waals surface area (Å²) >= 11 is 0. The number of H-pyrrole nitrogens is 1. The second kappa shape index (κ2) is 5.12. The summed E-state index contributed by atoms with van der Waals surface area (Å²) in [7, 11) is 0. The Hall–Kier alpha value is -3.26. The van der Waals surface area contributed by atoms with Crippen LogP contribution < -0.4 is 5.32 Å². The first kappa shape index (κ1) is 14.1. The summed E-state index contributed by atoms with van der Waals surface area (Å²) in [5.41, 5.74) is 8.24. The Morgan fingerprint density at radius 3 is 2.56 bits per heavy atom. The monoisotopic (exact) mass is 322 g/mol. The smallest absolute Gasteiger partial charge is 0.0565 e. The van der Waals surface area contributed by atoms with Crippen LogP contribution in [0.1, 0.15) is 18.2 Å². The Morgan fingerprint density at radius 1 is 0.920 bits per heavy atom. The van der Waals surface area contributed by atoms with Crippen LogP contribution in [0.2, 0.25) is 0 Å². The Morgan fingerprint density at radius 2 is 1.76 bits per heavy atom. The molecule has 25 heavy (non-hydrogen) atoms. The normalized spacial score (nSPS) is 12.5. The van der Waals surface area contributed by atoms with E-state index in [1.165, 1.54) is 44.2 Å². The van der Waals surface area contributed by atoms with Gasteiger partial charge in [0.05, 0.1) is 5.69 Å². The van der Waals surface area contributed by atoms with E-state index in [1.807, 2.05) is 13.0 Å². The molecule has 0 atom stereocenters. The molecule has 5 rings (SSSR count). The maximum absolute atomic E-state index is 3.96. The molecule has 120 valence electrons. The molecule has 4 aromatic rings. The molecule has 0 fully saturated rings. The third-order valence-corrected chi connectivity index (χ3v) is 5.03. The second-order valence-corrected chi connectivity index (χ2v) is 6.40. The van der Waals surface area contributed by atoms with Crippen molar-refractivity contribution in [1.29, 1.82) is 0 Å². The lowest BCUT2D eigenvalue weighted by molar-refractivity contribution is 1.42. The van der Waals surface area contributed by atoms with Crippen LogP contribution >= 0.6 is 0 Å². The number of rotatable bonds is 2. The molecular weight excluding hydrogens is 304 g/mol. The fourth-order valence-electron chi connectivity index (χ4n) is 3.99. The highest BCUT2D eigenvalue weighted by Gasteiger charge is 2.22. The molecule has 0 amide bonds. The standard InChI is InChI=1S/C23H18N2/c1-3-7-17-18(4-2)24-20-13-12-16-15-10-5-8-14-9-6-11-19(21(14)15)25-23(16)22(17)20/h3-13,24-25H,2H2,1H3/b7-3-. The third-order valence-electron chi connectivity index (χ3n) is 5.03. The Balaban J connectivity index is 1.94. The van der Waals surface area contributed by atoms with E-state index in [-0.39, 0.29) is 0 Å². The molecule has 2 heteroatoms. The van der Waals surface area contributed by atoms with Crippen LogP contribution in [0.25, 0.3) is 45.0 Å². The lowest BCUT2D eigenvalue weighted by atomic mass is 9.90. The molecule has 0 bridgehead atoms. The zero-order valence-electron chi connectivity index (χ0n) is 14.1. The van der Waals surface area contributed by atoms with Gasteiger partial charge in [0.1, 0.15) is 0 Å². The van der Waals surface area contributed by atoms with Gasteiger partial charge in [0.25, 0.3) is 0 Å². The minimum atomic E-state index is 1.06. The lowest BCUT2D eigenvalue weighted by Crippen LogP contribution is -2.01. The fourth-order valence-corrected chi connectivity index (χ4v) is 3.99. The van der Waals surface area contributed by atoms with Crippen molar-refractivity contribution in [3.05, 3.63) is 72.4 Å². The molecule has 0 saturated carbocycles. The molecule has 2 nitrogen and oxygen atoms in total. The van der Waals surface area contributed by atoms with Gasteiger partial charge in [-0.3, -0.25) is 0 Å². The average molecular weight is 322 g/mol. The summed E-state index contributed by atoms with van der Waals surface area (Å²) in [4.78, 5) is 3.49. The molecule has 1 aliphatic rings. The average Bonchev–Trinajstić information content (AvgIpc) is 3.01. The van der Waals surface area contributed by atoms with Crippen molar-refractivity contribution >= 4 is 45.2 Å². The van der Waals surface area contributed by atoms with E-state index in [1.54, 1.807) is 0 Å². The molecule has 0 aliphatic carbocycles. The zero-order valence-corrected chi connectivity index (χ0v) is 14.1. The van der Waals surface area contributed by atoms with Gasteiger partial charge in [-0.05, 0) is 36.1 Å². The quantitative estimate of drug-likeness (QED) is 0.371. The van der Waals surface area contributed by atoms with Gasteiger partial charge in [0.15, 0.2) is 0 Å². The first-order chi connectivity index (χ1) is 12.3. The summed E-state index contributed by atoms with van der Waals surface area (Å²) < 4.78 is 0. The summed E-state index contributed by atoms with van der Waals surface area (Å²) in [5.74, 6) is 0. The molecule has 2 heterocycles. The molecule has 0 unspecified atom stereocenters. The van der Waals surface area contributed by atoms with Gasteiger partial charge in [-0.25, -0.2) is 0 Å². The van der Waals surface area contributed by atoms with Crippen LogP contribution in [0.15, 0.2) is 61.2 Å². The number of anilines is 2. The molecular formula is C23H18N2. The van der Waals surface area contributed by atoms with E-state index in [9.17, 15) is 0 Å². The largest absolute Gasteiger partial charge is 0.354 e. The number of hydrogen-bond donors (Lipinski definition) is 2. The van der Waals surface area contributed by atoms with Gasteiger partial charge in [-0.1, -0.05) is 55.1 Å². The summed E-state index contributed by atoms with van der Waals surface area (Å²) in [6.07, 6.45) is 6.12. The number of aromatic amines is 1. The van der Waals surface area contributed by atoms with E-state index in [4.69, 9.17) is 0 Å². The summed E-state index contributed by atoms with van der Waals surface area (Å²) in [6, 6.07) is 17.3. The molecule has 0 saturated heterocycles. The van der Waals surface area contributed by atoms with Gasteiger partial charge >= 0.3 is 0 Å². The first-order valence-electron chi connectivity index (χ1n) is 8.54. The van der Waals surface area contributed by atoms with E-state index in [2.05, 4.69) is 77.6 Å². The predicted molar refractivity (Wildman–Crippen MR) is 109 cm³/mol. The van der Waals surface area contributed by atoms with Crippen LogP contribution in [0, 0.1) is 0 Å². The van der Waals surface area contributed by atoms with Crippen molar-refractivity contribution in [3.63, 3.8) is 0 Å². The number of allylic oxidation sites excluding steroid dienone is 1. The SMILES string of the molecule is C=Cc1[nH]c2ccc3c(c2c1/C=C\C)Nc1cccc2cccc-3c12. The van der Waals surface area contributed by atoms with Crippen molar-refractivity contribution < 1.29 is 0 Å². The van der Waals surface area contributed by atoms with Crippen molar-refractivity contribution in [1.82, 2.24) is 4.98 Å². The summed E-state index contributed by atoms with van der Waals surface area (Å²) in [6.45, 7) is 6.01. The van der Waals surface area contributed by atoms with E-state index in [0.29, 0.717) is 0 Å². The van der Waals surface area contributed by atoms with Gasteiger partial charge in [-0.15, -0.1) is 0 Å². The molecule has 2 N–H and O–H groups in total. The number of benzene rings is 3. The maximum atomic E-state index is 3.96.